The molecule has 1 aromatic heterocycles. The number of nitrogens with zero attached hydrogens (tertiary/aromatic N) is 1. The lowest BCUT2D eigenvalue weighted by atomic mass is 10.3. The molecule has 1 atom stereocenters. The molecule has 1 aromatic carbocycles. The fraction of sp³-hybridized carbons (Fsp3) is 0.353. The highest BCUT2D eigenvalue weighted by Gasteiger charge is 2.22. The number of carboxylic acids is 1. The van der Waals surface area contributed by atoms with Crippen LogP contribution in [0, 0.1) is 12.7 Å². The number of thiazole rings is 1. The third-order valence-electron chi connectivity index (χ3n) is 3.33. The number of hydrogen-bond acceptors (Lipinski definition) is 5. The summed E-state index contributed by atoms with van der Waals surface area (Å²) >= 11 is 1.30. The van der Waals surface area contributed by atoms with Crippen molar-refractivity contribution in [1.82, 2.24) is 10.3 Å². The van der Waals surface area contributed by atoms with E-state index in [-0.39, 0.29) is 18.2 Å². The van der Waals surface area contributed by atoms with Crippen molar-refractivity contribution in [1.29, 1.82) is 0 Å². The van der Waals surface area contributed by atoms with E-state index in [0.29, 0.717) is 10.6 Å². The van der Waals surface area contributed by atoms with Gasteiger partial charge in [0, 0.05) is 0 Å². The molecular weight excluding hydrogens is 347 g/mol. The van der Waals surface area contributed by atoms with E-state index in [4.69, 9.17) is 4.74 Å². The first-order chi connectivity index (χ1) is 11.9. The Hall–Kier alpha value is -2.48. The number of aromatic nitrogens is 1. The van der Waals surface area contributed by atoms with Crippen molar-refractivity contribution in [3.8, 4) is 5.75 Å². The van der Waals surface area contributed by atoms with Gasteiger partial charge in [0.2, 0.25) is 6.10 Å². The van der Waals surface area contributed by atoms with Gasteiger partial charge in [-0.15, -0.1) is 11.3 Å². The van der Waals surface area contributed by atoms with Gasteiger partial charge >= 0.3 is 5.97 Å². The van der Waals surface area contributed by atoms with Gasteiger partial charge in [0.25, 0.3) is 5.91 Å². The smallest absolute Gasteiger partial charge is 0.346 e. The van der Waals surface area contributed by atoms with E-state index in [1.165, 1.54) is 35.6 Å². The Morgan fingerprint density at radius 2 is 2.04 bits per heavy atom. The maximum absolute atomic E-state index is 12.9. The summed E-state index contributed by atoms with van der Waals surface area (Å²) in [6, 6.07) is 5.00. The molecule has 25 heavy (non-hydrogen) atoms. The van der Waals surface area contributed by atoms with Crippen LogP contribution in [-0.4, -0.2) is 34.6 Å². The van der Waals surface area contributed by atoms with E-state index in [1.54, 1.807) is 6.92 Å². The maximum Gasteiger partial charge on any atom is 0.346 e. The van der Waals surface area contributed by atoms with Crippen LogP contribution in [-0.2, 0) is 11.2 Å². The third-order valence-corrected chi connectivity index (χ3v) is 4.54. The normalized spacial score (nSPS) is 11.8. The minimum absolute atomic E-state index is 0.210. The summed E-state index contributed by atoms with van der Waals surface area (Å²) in [5.74, 6) is -1.85. The molecule has 2 N–H and O–H groups in total. The Bertz CT molecular complexity index is 746. The topological polar surface area (TPSA) is 88.5 Å². The summed E-state index contributed by atoms with van der Waals surface area (Å²) in [6.07, 6.45) is 0.447. The van der Waals surface area contributed by atoms with Crippen LogP contribution in [0.1, 0.15) is 33.7 Å². The van der Waals surface area contributed by atoms with E-state index < -0.39 is 17.9 Å². The number of aliphatic carboxylic acids is 1. The number of aryl methyl sites for hydroxylation is 2. The van der Waals surface area contributed by atoms with Crippen molar-refractivity contribution in [3.05, 3.63) is 45.7 Å². The zero-order chi connectivity index (χ0) is 18.4. The Morgan fingerprint density at radius 3 is 2.64 bits per heavy atom. The Balaban J connectivity index is 1.99. The summed E-state index contributed by atoms with van der Waals surface area (Å²) in [7, 11) is 0. The minimum Gasteiger partial charge on any atom is -0.478 e. The lowest BCUT2D eigenvalue weighted by Gasteiger charge is -2.15. The quantitative estimate of drug-likeness (QED) is 0.750. The number of carboxylic acid groups (broad SMARTS) is 1. The number of nitrogens with one attached hydrogen (secondary N) is 1. The maximum atomic E-state index is 12.9. The number of carbonyl (C=O) groups is 2. The second kappa shape index (κ2) is 8.57. The number of carbonyl (C=O) groups excluding carboxylic acids is 1. The van der Waals surface area contributed by atoms with Gasteiger partial charge in [-0.1, -0.05) is 6.92 Å². The average Bonchev–Trinajstić information content (AvgIpc) is 2.93. The second-order valence-corrected chi connectivity index (χ2v) is 6.46. The number of halogens is 1. The molecule has 1 heterocycles. The number of ether oxygens (including phenoxy) is 1. The predicted molar refractivity (Wildman–Crippen MR) is 91.6 cm³/mol. The Labute approximate surface area is 148 Å². The van der Waals surface area contributed by atoms with Crippen LogP contribution in [0.25, 0.3) is 0 Å². The van der Waals surface area contributed by atoms with Gasteiger partial charge in [-0.25, -0.2) is 14.2 Å². The van der Waals surface area contributed by atoms with Gasteiger partial charge in [-0.05, 0) is 44.0 Å². The van der Waals surface area contributed by atoms with Crippen LogP contribution < -0.4 is 10.1 Å². The average molecular weight is 366 g/mol. The summed E-state index contributed by atoms with van der Waals surface area (Å²) < 4.78 is 18.2. The molecule has 0 saturated heterocycles. The van der Waals surface area contributed by atoms with E-state index >= 15 is 0 Å². The second-order valence-electron chi connectivity index (χ2n) is 5.38. The lowest BCUT2D eigenvalue weighted by molar-refractivity contribution is -0.144. The Kier molecular flexibility index (Phi) is 6.46. The molecule has 0 aliphatic rings. The van der Waals surface area contributed by atoms with Gasteiger partial charge in [-0.2, -0.15) is 0 Å². The van der Waals surface area contributed by atoms with Crippen LogP contribution in [0.3, 0.4) is 0 Å². The molecule has 0 aliphatic heterocycles. The molecule has 1 amide bonds. The molecule has 8 heteroatoms. The monoisotopic (exact) mass is 366 g/mol. The van der Waals surface area contributed by atoms with E-state index in [2.05, 4.69) is 10.3 Å². The summed E-state index contributed by atoms with van der Waals surface area (Å²) in [5, 5.41) is 12.7. The van der Waals surface area contributed by atoms with Crippen LogP contribution in [0.15, 0.2) is 24.3 Å². The number of benzene rings is 1. The number of amides is 1. The van der Waals surface area contributed by atoms with Gasteiger partial charge < -0.3 is 15.2 Å². The molecule has 6 nitrogen and oxygen atoms in total. The van der Waals surface area contributed by atoms with Crippen LogP contribution in [0.4, 0.5) is 4.39 Å². The van der Waals surface area contributed by atoms with E-state index in [0.717, 1.165) is 17.8 Å². The standard InChI is InChI=1S/C17H19FN2O4S/c1-3-4-14-20-10(2)15(25-14)16(21)19-9-13(17(22)23)24-12-7-5-11(18)6-8-12/h5-8,13H,3-4,9H2,1-2H3,(H,19,21)(H,22,23). The van der Waals surface area contributed by atoms with Crippen LogP contribution in [0.2, 0.25) is 0 Å². The largest absolute Gasteiger partial charge is 0.478 e. The molecule has 0 fully saturated rings. The zero-order valence-electron chi connectivity index (χ0n) is 13.9. The van der Waals surface area contributed by atoms with Gasteiger partial charge in [0.05, 0.1) is 17.2 Å². The highest BCUT2D eigenvalue weighted by molar-refractivity contribution is 7.13. The van der Waals surface area contributed by atoms with Gasteiger partial charge in [0.15, 0.2) is 0 Å². The summed E-state index contributed by atoms with van der Waals surface area (Å²) in [4.78, 5) is 28.4. The van der Waals surface area contributed by atoms with Crippen molar-refractivity contribution in [3.63, 3.8) is 0 Å². The number of rotatable bonds is 8. The van der Waals surface area contributed by atoms with Crippen molar-refractivity contribution < 1.29 is 23.8 Å². The number of hydrogen-bond donors (Lipinski definition) is 2. The van der Waals surface area contributed by atoms with Crippen LogP contribution >= 0.6 is 11.3 Å². The fourth-order valence-electron chi connectivity index (χ4n) is 2.11. The molecule has 1 unspecified atom stereocenters. The molecule has 0 bridgehead atoms. The first-order valence-corrected chi connectivity index (χ1v) is 8.62. The third kappa shape index (κ3) is 5.25. The molecule has 134 valence electrons. The fourth-order valence-corrected chi connectivity index (χ4v) is 3.19. The van der Waals surface area contributed by atoms with Gasteiger partial charge in [0.1, 0.15) is 16.4 Å². The minimum atomic E-state index is -1.28. The SMILES string of the molecule is CCCc1nc(C)c(C(=O)NCC(Oc2ccc(F)cc2)C(=O)O)s1. The predicted octanol–water partition coefficient (Wildman–Crippen LogP) is 2.81. The molecular formula is C17H19FN2O4S. The Morgan fingerprint density at radius 1 is 1.36 bits per heavy atom. The van der Waals surface area contributed by atoms with Gasteiger partial charge in [-0.3, -0.25) is 4.79 Å². The van der Waals surface area contributed by atoms with E-state index in [1.807, 2.05) is 6.92 Å². The first-order valence-electron chi connectivity index (χ1n) is 7.80. The van der Waals surface area contributed by atoms with Crippen molar-refractivity contribution in [2.45, 2.75) is 32.8 Å². The highest BCUT2D eigenvalue weighted by atomic mass is 32.1. The molecule has 2 aromatic rings. The summed E-state index contributed by atoms with van der Waals surface area (Å²) in [6.45, 7) is 3.56. The molecule has 0 spiro atoms. The lowest BCUT2D eigenvalue weighted by Crippen LogP contribution is -2.40. The van der Waals surface area contributed by atoms with Crippen molar-refractivity contribution >= 4 is 23.2 Å². The van der Waals surface area contributed by atoms with Crippen LogP contribution in [0.5, 0.6) is 5.75 Å². The van der Waals surface area contributed by atoms with E-state index in [9.17, 15) is 19.1 Å². The molecule has 2 rings (SSSR count). The molecule has 0 aliphatic carbocycles. The molecule has 0 radical (unpaired) electrons. The highest BCUT2D eigenvalue weighted by Crippen LogP contribution is 2.19. The first kappa shape index (κ1) is 18.9. The molecule has 0 saturated carbocycles. The summed E-state index contributed by atoms with van der Waals surface area (Å²) in [5.41, 5.74) is 0.622. The van der Waals surface area contributed by atoms with Crippen molar-refractivity contribution in [2.75, 3.05) is 6.54 Å². The van der Waals surface area contributed by atoms with Crippen molar-refractivity contribution in [2.24, 2.45) is 0 Å². The zero-order valence-corrected chi connectivity index (χ0v) is 14.7.